The first kappa shape index (κ1) is 16.5. The number of carbonyl (C=O) groups is 2. The van der Waals surface area contributed by atoms with E-state index in [0.29, 0.717) is 11.8 Å². The second-order valence-electron chi connectivity index (χ2n) is 7.44. The highest BCUT2D eigenvalue weighted by molar-refractivity contribution is 6.00. The summed E-state index contributed by atoms with van der Waals surface area (Å²) < 4.78 is 14.0. The van der Waals surface area contributed by atoms with Gasteiger partial charge in [0, 0.05) is 26.1 Å². The normalized spacial score (nSPS) is 29.6. The SMILES string of the molecule is O=C(C1CC(=O)N(c2ccccc2F)C1)N1CC[C@@H]2CNC[C@@H]2CC1. The predicted molar refractivity (Wildman–Crippen MR) is 92.5 cm³/mol. The Kier molecular flexibility index (Phi) is 4.46. The summed E-state index contributed by atoms with van der Waals surface area (Å²) in [5.74, 6) is 0.442. The van der Waals surface area contributed by atoms with Crippen molar-refractivity contribution in [3.63, 3.8) is 0 Å². The van der Waals surface area contributed by atoms with E-state index in [1.165, 1.54) is 11.0 Å². The fourth-order valence-corrected chi connectivity index (χ4v) is 4.47. The van der Waals surface area contributed by atoms with Crippen molar-refractivity contribution in [3.8, 4) is 0 Å². The number of rotatable bonds is 2. The van der Waals surface area contributed by atoms with E-state index in [4.69, 9.17) is 0 Å². The van der Waals surface area contributed by atoms with Gasteiger partial charge in [-0.25, -0.2) is 4.39 Å². The van der Waals surface area contributed by atoms with Gasteiger partial charge in [-0.2, -0.15) is 0 Å². The molecule has 0 radical (unpaired) electrons. The van der Waals surface area contributed by atoms with Crippen LogP contribution in [0.2, 0.25) is 0 Å². The van der Waals surface area contributed by atoms with Crippen molar-refractivity contribution in [2.75, 3.05) is 37.6 Å². The molecule has 3 aliphatic rings. The van der Waals surface area contributed by atoms with Crippen LogP contribution in [0, 0.1) is 23.6 Å². The molecule has 3 aliphatic heterocycles. The standard InChI is InChI=1S/C19H24FN3O2/c20-16-3-1-2-4-17(16)23-12-15(9-18(23)24)19(25)22-7-5-13-10-21-11-14(13)6-8-22/h1-4,13-15,21H,5-12H2/t13-,14+,15?. The number of likely N-dealkylation sites (tertiary alicyclic amines) is 1. The van der Waals surface area contributed by atoms with E-state index >= 15 is 0 Å². The molecule has 134 valence electrons. The monoisotopic (exact) mass is 345 g/mol. The van der Waals surface area contributed by atoms with Crippen LogP contribution in [0.15, 0.2) is 24.3 Å². The van der Waals surface area contributed by atoms with E-state index in [1.54, 1.807) is 18.2 Å². The molecule has 3 saturated heterocycles. The van der Waals surface area contributed by atoms with Crippen molar-refractivity contribution in [1.29, 1.82) is 0 Å². The highest BCUT2D eigenvalue weighted by atomic mass is 19.1. The van der Waals surface area contributed by atoms with E-state index in [-0.39, 0.29) is 36.4 Å². The van der Waals surface area contributed by atoms with E-state index in [0.717, 1.165) is 39.0 Å². The van der Waals surface area contributed by atoms with Crippen molar-refractivity contribution in [2.45, 2.75) is 19.3 Å². The number of hydrogen-bond donors (Lipinski definition) is 1. The molecule has 3 atom stereocenters. The Morgan fingerprint density at radius 2 is 1.80 bits per heavy atom. The molecule has 6 heteroatoms. The Balaban J connectivity index is 1.43. The fourth-order valence-electron chi connectivity index (χ4n) is 4.47. The van der Waals surface area contributed by atoms with E-state index in [1.807, 2.05) is 4.90 Å². The molecule has 0 bridgehead atoms. The summed E-state index contributed by atoms with van der Waals surface area (Å²) in [5, 5.41) is 3.44. The van der Waals surface area contributed by atoms with Crippen LogP contribution in [-0.4, -0.2) is 49.4 Å². The maximum absolute atomic E-state index is 14.0. The summed E-state index contributed by atoms with van der Waals surface area (Å²) in [6.07, 6.45) is 2.24. The Morgan fingerprint density at radius 1 is 1.12 bits per heavy atom. The van der Waals surface area contributed by atoms with E-state index < -0.39 is 5.82 Å². The van der Waals surface area contributed by atoms with E-state index in [2.05, 4.69) is 5.32 Å². The second-order valence-corrected chi connectivity index (χ2v) is 7.44. The Hall–Kier alpha value is -1.95. The lowest BCUT2D eigenvalue weighted by atomic mass is 9.92. The molecule has 0 aliphatic carbocycles. The first-order valence-corrected chi connectivity index (χ1v) is 9.18. The number of fused-ring (bicyclic) bond motifs is 1. The molecule has 3 fully saturated rings. The maximum atomic E-state index is 14.0. The molecule has 0 aromatic heterocycles. The number of halogens is 1. The molecule has 0 saturated carbocycles. The molecule has 5 nitrogen and oxygen atoms in total. The number of nitrogens with zero attached hydrogens (tertiary/aromatic N) is 2. The largest absolute Gasteiger partial charge is 0.342 e. The first-order valence-electron chi connectivity index (χ1n) is 9.18. The van der Waals surface area contributed by atoms with Crippen molar-refractivity contribution < 1.29 is 14.0 Å². The van der Waals surface area contributed by atoms with Gasteiger partial charge in [0.05, 0.1) is 11.6 Å². The van der Waals surface area contributed by atoms with Crippen molar-refractivity contribution >= 4 is 17.5 Å². The molecular weight excluding hydrogens is 321 g/mol. The Morgan fingerprint density at radius 3 is 2.48 bits per heavy atom. The van der Waals surface area contributed by atoms with Crippen LogP contribution in [0.4, 0.5) is 10.1 Å². The van der Waals surface area contributed by atoms with Crippen molar-refractivity contribution in [2.24, 2.45) is 17.8 Å². The predicted octanol–water partition coefficient (Wildman–Crippen LogP) is 1.64. The maximum Gasteiger partial charge on any atom is 0.228 e. The minimum Gasteiger partial charge on any atom is -0.342 e. The van der Waals surface area contributed by atoms with Crippen LogP contribution < -0.4 is 10.2 Å². The zero-order valence-corrected chi connectivity index (χ0v) is 14.3. The molecule has 0 spiro atoms. The third kappa shape index (κ3) is 3.15. The van der Waals surface area contributed by atoms with Gasteiger partial charge in [-0.15, -0.1) is 0 Å². The Labute approximate surface area is 147 Å². The third-order valence-electron chi connectivity index (χ3n) is 5.95. The fraction of sp³-hybridized carbons (Fsp3) is 0.579. The lowest BCUT2D eigenvalue weighted by Gasteiger charge is -2.24. The molecule has 25 heavy (non-hydrogen) atoms. The van der Waals surface area contributed by atoms with Gasteiger partial charge >= 0.3 is 0 Å². The summed E-state index contributed by atoms with van der Waals surface area (Å²) in [6.45, 7) is 3.92. The highest BCUT2D eigenvalue weighted by Crippen LogP contribution is 2.31. The second kappa shape index (κ2) is 6.75. The number of benzene rings is 1. The van der Waals surface area contributed by atoms with Gasteiger partial charge < -0.3 is 15.1 Å². The number of carbonyl (C=O) groups excluding carboxylic acids is 2. The molecule has 4 rings (SSSR count). The topological polar surface area (TPSA) is 52.7 Å². The van der Waals surface area contributed by atoms with Crippen LogP contribution in [0.1, 0.15) is 19.3 Å². The number of anilines is 1. The molecular formula is C19H24FN3O2. The summed E-state index contributed by atoms with van der Waals surface area (Å²) in [6, 6.07) is 6.26. The quantitative estimate of drug-likeness (QED) is 0.887. The lowest BCUT2D eigenvalue weighted by Crippen LogP contribution is -2.38. The minimum atomic E-state index is -0.418. The van der Waals surface area contributed by atoms with Crippen LogP contribution >= 0.6 is 0 Å². The van der Waals surface area contributed by atoms with Crippen LogP contribution in [0.5, 0.6) is 0 Å². The summed E-state index contributed by atoms with van der Waals surface area (Å²) in [5.41, 5.74) is 0.277. The highest BCUT2D eigenvalue weighted by Gasteiger charge is 2.39. The van der Waals surface area contributed by atoms with Gasteiger partial charge in [0.2, 0.25) is 11.8 Å². The molecule has 1 aromatic carbocycles. The number of para-hydroxylation sites is 1. The van der Waals surface area contributed by atoms with Gasteiger partial charge in [0.25, 0.3) is 0 Å². The summed E-state index contributed by atoms with van der Waals surface area (Å²) in [7, 11) is 0. The molecule has 1 unspecified atom stereocenters. The van der Waals surface area contributed by atoms with E-state index in [9.17, 15) is 14.0 Å². The van der Waals surface area contributed by atoms with Crippen LogP contribution in [0.25, 0.3) is 0 Å². The van der Waals surface area contributed by atoms with Gasteiger partial charge in [0.1, 0.15) is 5.82 Å². The number of hydrogen-bond acceptors (Lipinski definition) is 3. The lowest BCUT2D eigenvalue weighted by molar-refractivity contribution is -0.135. The van der Waals surface area contributed by atoms with Crippen molar-refractivity contribution in [1.82, 2.24) is 10.2 Å². The van der Waals surface area contributed by atoms with Crippen molar-refractivity contribution in [3.05, 3.63) is 30.1 Å². The molecule has 3 heterocycles. The summed E-state index contributed by atoms with van der Waals surface area (Å²) in [4.78, 5) is 28.6. The minimum absolute atomic E-state index is 0.0557. The molecule has 2 amide bonds. The van der Waals surface area contributed by atoms with Gasteiger partial charge in [-0.3, -0.25) is 9.59 Å². The average Bonchev–Trinajstić information content (AvgIpc) is 3.16. The first-order chi connectivity index (χ1) is 12.1. The van der Waals surface area contributed by atoms with Gasteiger partial charge in [0.15, 0.2) is 0 Å². The molecule has 1 aromatic rings. The zero-order valence-electron chi connectivity index (χ0n) is 14.3. The zero-order chi connectivity index (χ0) is 17.4. The number of amides is 2. The van der Waals surface area contributed by atoms with Crippen LogP contribution in [0.3, 0.4) is 0 Å². The smallest absolute Gasteiger partial charge is 0.228 e. The third-order valence-corrected chi connectivity index (χ3v) is 5.95. The average molecular weight is 345 g/mol. The van der Waals surface area contributed by atoms with Gasteiger partial charge in [-0.05, 0) is 49.9 Å². The van der Waals surface area contributed by atoms with Crippen LogP contribution in [-0.2, 0) is 9.59 Å². The summed E-state index contributed by atoms with van der Waals surface area (Å²) >= 11 is 0. The Bertz CT molecular complexity index is 666. The molecule has 1 N–H and O–H groups in total. The number of nitrogens with one attached hydrogen (secondary N) is 1. The van der Waals surface area contributed by atoms with Gasteiger partial charge in [-0.1, -0.05) is 12.1 Å².